The van der Waals surface area contributed by atoms with E-state index < -0.39 is 11.6 Å². The molecule has 3 aliphatic rings. The Morgan fingerprint density at radius 1 is 0.961 bits per heavy atom. The molecule has 6 rings (SSSR count). The van der Waals surface area contributed by atoms with E-state index >= 15 is 0 Å². The van der Waals surface area contributed by atoms with Gasteiger partial charge in [0.15, 0.2) is 5.82 Å². The first-order valence-corrected chi connectivity index (χ1v) is 19.6. The van der Waals surface area contributed by atoms with Crippen LogP contribution in [-0.2, 0) is 9.53 Å². The number of benzene rings is 1. The monoisotopic (exact) mass is 736 g/mol. The molecule has 276 valence electrons. The zero-order valence-corrected chi connectivity index (χ0v) is 32.6. The minimum atomic E-state index is -0.468. The summed E-state index contributed by atoms with van der Waals surface area (Å²) in [5, 5.41) is 13.8. The maximum Gasteiger partial charge on any atom is 0.410 e. The van der Waals surface area contributed by atoms with Crippen LogP contribution in [0.3, 0.4) is 0 Å². The molecule has 2 aromatic heterocycles. The van der Waals surface area contributed by atoms with E-state index in [1.54, 1.807) is 11.3 Å². The Morgan fingerprint density at radius 2 is 1.65 bits per heavy atom. The Bertz CT molecular complexity index is 1710. The number of nitrogens with one attached hydrogen (secondary N) is 1. The van der Waals surface area contributed by atoms with Crippen LogP contribution < -0.4 is 5.32 Å². The number of hydrogen-bond donors (Lipinski definition) is 1. The molecule has 3 aliphatic heterocycles. The van der Waals surface area contributed by atoms with Gasteiger partial charge in [-0.05, 0) is 97.4 Å². The molecular formula is C38H53ClN8O3S. The number of likely N-dealkylation sites (tertiary alicyclic amines) is 1. The lowest BCUT2D eigenvalue weighted by Crippen LogP contribution is -2.49. The first-order valence-electron chi connectivity index (χ1n) is 18.4. The molecule has 0 saturated carbocycles. The first-order chi connectivity index (χ1) is 24.4. The van der Waals surface area contributed by atoms with Crippen molar-refractivity contribution in [3.63, 3.8) is 0 Å². The number of aromatic nitrogens is 3. The molecule has 5 heterocycles. The van der Waals surface area contributed by atoms with Gasteiger partial charge in [-0.15, -0.1) is 21.5 Å². The van der Waals surface area contributed by atoms with Crippen molar-refractivity contribution in [2.45, 2.75) is 85.3 Å². The molecule has 0 aliphatic carbocycles. The number of fused-ring (bicyclic) bond motifs is 3. The predicted molar refractivity (Wildman–Crippen MR) is 204 cm³/mol. The van der Waals surface area contributed by atoms with Crippen LogP contribution in [0.1, 0.15) is 92.1 Å². The van der Waals surface area contributed by atoms with Crippen molar-refractivity contribution in [3.8, 4) is 5.00 Å². The number of amides is 2. The molecule has 2 fully saturated rings. The summed E-state index contributed by atoms with van der Waals surface area (Å²) in [5.41, 5.74) is 3.60. The molecule has 2 saturated heterocycles. The van der Waals surface area contributed by atoms with Crippen molar-refractivity contribution < 1.29 is 14.3 Å². The Balaban J connectivity index is 0.950. The third kappa shape index (κ3) is 9.19. The lowest BCUT2D eigenvalue weighted by Gasteiger charge is -2.39. The van der Waals surface area contributed by atoms with Crippen LogP contribution in [0.5, 0.6) is 0 Å². The molecule has 0 radical (unpaired) electrons. The fourth-order valence-electron chi connectivity index (χ4n) is 7.25. The smallest absolute Gasteiger partial charge is 0.410 e. The normalized spacial score (nSPS) is 18.9. The molecule has 1 atom stereocenters. The number of rotatable bonds is 10. The van der Waals surface area contributed by atoms with Crippen molar-refractivity contribution in [2.75, 3.05) is 58.9 Å². The molecule has 51 heavy (non-hydrogen) atoms. The van der Waals surface area contributed by atoms with E-state index in [-0.39, 0.29) is 18.4 Å². The van der Waals surface area contributed by atoms with Crippen LogP contribution >= 0.6 is 22.9 Å². The lowest BCUT2D eigenvalue weighted by molar-refractivity contribution is -0.121. The quantitative estimate of drug-likeness (QED) is 0.242. The molecule has 2 amide bonds. The third-order valence-corrected chi connectivity index (χ3v) is 11.7. The Hall–Kier alpha value is -3.32. The second-order valence-corrected chi connectivity index (χ2v) is 16.9. The van der Waals surface area contributed by atoms with Gasteiger partial charge in [-0.25, -0.2) is 4.79 Å². The molecule has 1 N–H and O–H groups in total. The molecule has 13 heteroatoms. The highest BCUT2D eigenvalue weighted by atomic mass is 35.5. The number of piperazine rings is 1. The fraction of sp³-hybridized carbons (Fsp3) is 0.605. The van der Waals surface area contributed by atoms with Crippen LogP contribution in [-0.4, -0.2) is 112 Å². The summed E-state index contributed by atoms with van der Waals surface area (Å²) in [5.74, 6) is 2.08. The number of thiophene rings is 1. The van der Waals surface area contributed by atoms with Gasteiger partial charge in [-0.1, -0.05) is 23.7 Å². The number of nitrogens with zero attached hydrogens (tertiary/aromatic N) is 7. The van der Waals surface area contributed by atoms with Crippen molar-refractivity contribution in [1.29, 1.82) is 0 Å². The Morgan fingerprint density at radius 3 is 2.33 bits per heavy atom. The fourth-order valence-corrected chi connectivity index (χ4v) is 8.59. The average molecular weight is 737 g/mol. The van der Waals surface area contributed by atoms with Gasteiger partial charge in [-0.2, -0.15) is 0 Å². The van der Waals surface area contributed by atoms with Gasteiger partial charge >= 0.3 is 6.09 Å². The number of ether oxygens (including phenoxy) is 1. The van der Waals surface area contributed by atoms with Crippen LogP contribution in [0, 0.1) is 26.7 Å². The van der Waals surface area contributed by atoms with Gasteiger partial charge in [0.2, 0.25) is 5.91 Å². The highest BCUT2D eigenvalue weighted by molar-refractivity contribution is 7.15. The van der Waals surface area contributed by atoms with Gasteiger partial charge in [-0.3, -0.25) is 14.4 Å². The van der Waals surface area contributed by atoms with Crippen molar-refractivity contribution in [3.05, 3.63) is 62.5 Å². The maximum absolute atomic E-state index is 13.3. The zero-order valence-electron chi connectivity index (χ0n) is 31.0. The number of carbonyl (C=O) groups excluding carboxylic acids is 2. The van der Waals surface area contributed by atoms with Crippen LogP contribution in [0.2, 0.25) is 5.02 Å². The van der Waals surface area contributed by atoms with Crippen molar-refractivity contribution >= 4 is 40.6 Å². The summed E-state index contributed by atoms with van der Waals surface area (Å²) < 4.78 is 7.64. The minimum Gasteiger partial charge on any atom is -0.444 e. The van der Waals surface area contributed by atoms with Crippen molar-refractivity contribution in [1.82, 2.24) is 34.8 Å². The second kappa shape index (κ2) is 16.1. The van der Waals surface area contributed by atoms with Crippen LogP contribution in [0.25, 0.3) is 5.00 Å². The summed E-state index contributed by atoms with van der Waals surface area (Å²) in [4.78, 5) is 39.2. The summed E-state index contributed by atoms with van der Waals surface area (Å²) in [6, 6.07) is 7.28. The molecule has 1 aromatic carbocycles. The lowest BCUT2D eigenvalue weighted by atomic mass is 9.96. The number of aryl methyl sites for hydroxylation is 2. The van der Waals surface area contributed by atoms with E-state index in [4.69, 9.17) is 21.3 Å². The predicted octanol–water partition coefficient (Wildman–Crippen LogP) is 6.35. The largest absolute Gasteiger partial charge is 0.444 e. The minimum absolute atomic E-state index is 0.0323. The molecular weight excluding hydrogens is 684 g/mol. The first kappa shape index (κ1) is 37.4. The average Bonchev–Trinajstić information content (AvgIpc) is 3.57. The number of unbranched alkanes of at least 4 members (excludes halogenated alkanes) is 1. The van der Waals surface area contributed by atoms with Gasteiger partial charge in [0.05, 0.1) is 12.1 Å². The van der Waals surface area contributed by atoms with E-state index in [9.17, 15) is 9.59 Å². The molecule has 11 nitrogen and oxygen atoms in total. The number of halogens is 1. The number of piperidine rings is 1. The van der Waals surface area contributed by atoms with Gasteiger partial charge < -0.3 is 24.8 Å². The van der Waals surface area contributed by atoms with E-state index in [1.807, 2.05) is 56.9 Å². The molecule has 0 spiro atoms. The topological polar surface area (TPSA) is 108 Å². The number of hydrogen-bond acceptors (Lipinski definition) is 9. The summed E-state index contributed by atoms with van der Waals surface area (Å²) in [6.07, 6.45) is 4.06. The van der Waals surface area contributed by atoms with E-state index in [1.165, 1.54) is 10.4 Å². The maximum atomic E-state index is 13.3. The van der Waals surface area contributed by atoms with Gasteiger partial charge in [0.25, 0.3) is 0 Å². The highest BCUT2D eigenvalue weighted by Gasteiger charge is 2.33. The van der Waals surface area contributed by atoms with Crippen molar-refractivity contribution in [2.24, 2.45) is 10.9 Å². The highest BCUT2D eigenvalue weighted by Crippen LogP contribution is 2.39. The number of carbonyl (C=O) groups is 2. The SMILES string of the molecule is Cc1sc2c(c1C)C(c1ccc(Cl)cc1)=N[C@@H](CC(=O)NCCCCN1CCN(CC3CCN(C(=O)OC(C)(C)C)CC3)CC1)c1nnc(C)n1-2. The van der Waals surface area contributed by atoms with Crippen LogP contribution in [0.4, 0.5) is 4.79 Å². The third-order valence-electron chi connectivity index (χ3n) is 10.2. The summed E-state index contributed by atoms with van der Waals surface area (Å²) >= 11 is 7.95. The molecule has 0 bridgehead atoms. The van der Waals surface area contributed by atoms with E-state index in [0.717, 1.165) is 106 Å². The standard InChI is InChI=1S/C38H53ClN8O3S/c1-25-26(2)51-36-33(25)34(29-9-11-30(39)12-10-29)41-31(35-43-42-27(3)47(35)36)23-32(48)40-15-7-8-16-44-19-21-45(22-20-44)24-28-13-17-46(18-14-28)37(49)50-38(4,5)6/h9-12,28,31H,7-8,13-24H2,1-6H3,(H,40,48)/t31-/m0/s1. The molecule has 0 unspecified atom stereocenters. The van der Waals surface area contributed by atoms with E-state index in [2.05, 4.69) is 43.7 Å². The van der Waals surface area contributed by atoms with E-state index in [0.29, 0.717) is 23.3 Å². The van der Waals surface area contributed by atoms with Crippen LogP contribution in [0.15, 0.2) is 29.3 Å². The van der Waals surface area contributed by atoms with Gasteiger partial charge in [0.1, 0.15) is 22.5 Å². The molecule has 3 aromatic rings. The second-order valence-electron chi connectivity index (χ2n) is 15.2. The van der Waals surface area contributed by atoms with Gasteiger partial charge in [0, 0.05) is 73.4 Å². The summed E-state index contributed by atoms with van der Waals surface area (Å²) in [7, 11) is 0. The summed E-state index contributed by atoms with van der Waals surface area (Å²) in [6.45, 7) is 20.6. The Labute approximate surface area is 311 Å². The Kier molecular flexibility index (Phi) is 11.8. The number of aliphatic imine (C=N–C) groups is 1. The zero-order chi connectivity index (χ0) is 36.3.